The Balaban J connectivity index is 2.09. The second-order valence-electron chi connectivity index (χ2n) is 5.43. The Morgan fingerprint density at radius 3 is 2.64 bits per heavy atom. The van der Waals surface area contributed by atoms with Gasteiger partial charge in [0, 0.05) is 18.2 Å². The van der Waals surface area contributed by atoms with Crippen molar-refractivity contribution < 1.29 is 22.3 Å². The molecular weight excluding hydrogens is 347 g/mol. The molecule has 0 radical (unpaired) electrons. The van der Waals surface area contributed by atoms with Crippen LogP contribution in [-0.4, -0.2) is 25.2 Å². The maximum absolute atomic E-state index is 13.5. The van der Waals surface area contributed by atoms with Gasteiger partial charge in [-0.15, -0.1) is 0 Å². The fourth-order valence-electron chi connectivity index (χ4n) is 2.74. The average molecular weight is 360 g/mol. The van der Waals surface area contributed by atoms with Gasteiger partial charge in [-0.3, -0.25) is 4.79 Å². The van der Waals surface area contributed by atoms with Crippen LogP contribution in [0.1, 0.15) is 28.4 Å². The molecule has 1 aliphatic rings. The molecule has 0 saturated carbocycles. The number of amides is 1. The minimum Gasteiger partial charge on any atom is -0.457 e. The largest absolute Gasteiger partial charge is 0.457 e. The van der Waals surface area contributed by atoms with E-state index in [1.807, 2.05) is 6.07 Å². The van der Waals surface area contributed by atoms with Crippen molar-refractivity contribution >= 4 is 15.9 Å². The van der Waals surface area contributed by atoms with E-state index in [0.717, 1.165) is 16.4 Å². The van der Waals surface area contributed by atoms with E-state index in [4.69, 9.17) is 10.00 Å². The minimum absolute atomic E-state index is 0.0287. The first kappa shape index (κ1) is 16.9. The Labute approximate surface area is 144 Å². The van der Waals surface area contributed by atoms with E-state index in [2.05, 4.69) is 0 Å². The van der Waals surface area contributed by atoms with Gasteiger partial charge in [0.15, 0.2) is 0 Å². The summed E-state index contributed by atoms with van der Waals surface area (Å²) in [6, 6.07) is 8.05. The smallest absolute Gasteiger partial charge is 0.269 e. The summed E-state index contributed by atoms with van der Waals surface area (Å²) in [7, 11) is -3.85. The molecule has 0 aromatic heterocycles. The molecule has 0 spiro atoms. The maximum atomic E-state index is 13.5. The number of carbonyl (C=O) groups is 1. The van der Waals surface area contributed by atoms with Crippen LogP contribution in [0.25, 0.3) is 0 Å². The van der Waals surface area contributed by atoms with E-state index >= 15 is 0 Å². The van der Waals surface area contributed by atoms with Crippen molar-refractivity contribution in [3.63, 3.8) is 0 Å². The number of rotatable bonds is 3. The second kappa shape index (κ2) is 5.86. The summed E-state index contributed by atoms with van der Waals surface area (Å²) in [6.45, 7) is 3.16. The Morgan fingerprint density at radius 1 is 1.28 bits per heavy atom. The number of fused-ring (bicyclic) bond motifs is 1. The van der Waals surface area contributed by atoms with Crippen LogP contribution in [0.15, 0.2) is 35.2 Å². The van der Waals surface area contributed by atoms with Gasteiger partial charge < -0.3 is 4.74 Å². The Bertz CT molecular complexity index is 1040. The second-order valence-corrected chi connectivity index (χ2v) is 7.26. The van der Waals surface area contributed by atoms with Gasteiger partial charge in [0.05, 0.1) is 17.2 Å². The number of halogens is 1. The van der Waals surface area contributed by atoms with Gasteiger partial charge in [-0.05, 0) is 38.1 Å². The standard InChI is InChI=1S/C17H13FN2O4S/c1-3-20-17(21)16-10(2)14(4-5-15(16)25(20,22)23)24-13-7-11(9-19)6-12(18)8-13/h4-8H,3H2,1-2H3. The molecule has 3 rings (SSSR count). The lowest BCUT2D eigenvalue weighted by Crippen LogP contribution is -2.29. The highest BCUT2D eigenvalue weighted by Crippen LogP contribution is 2.37. The summed E-state index contributed by atoms with van der Waals surface area (Å²) < 4.78 is 44.6. The number of hydrogen-bond donors (Lipinski definition) is 0. The van der Waals surface area contributed by atoms with Gasteiger partial charge in [0.25, 0.3) is 15.9 Å². The molecule has 0 aliphatic carbocycles. The number of sulfonamides is 1. The van der Waals surface area contributed by atoms with Crippen LogP contribution in [0, 0.1) is 24.1 Å². The molecule has 0 N–H and O–H groups in total. The molecule has 0 bridgehead atoms. The van der Waals surface area contributed by atoms with Crippen LogP contribution in [0.2, 0.25) is 0 Å². The van der Waals surface area contributed by atoms with Crippen molar-refractivity contribution in [3.05, 3.63) is 52.8 Å². The average Bonchev–Trinajstić information content (AvgIpc) is 2.75. The number of nitriles is 1. The Morgan fingerprint density at radius 2 is 2.00 bits per heavy atom. The molecule has 1 amide bonds. The van der Waals surface area contributed by atoms with Crippen LogP contribution in [0.4, 0.5) is 4.39 Å². The zero-order valence-electron chi connectivity index (χ0n) is 13.4. The molecule has 0 saturated heterocycles. The molecule has 6 nitrogen and oxygen atoms in total. The van der Waals surface area contributed by atoms with Gasteiger partial charge >= 0.3 is 0 Å². The van der Waals surface area contributed by atoms with Crippen LogP contribution in [0.3, 0.4) is 0 Å². The van der Waals surface area contributed by atoms with Crippen molar-refractivity contribution in [2.45, 2.75) is 18.7 Å². The predicted molar refractivity (Wildman–Crippen MR) is 86.3 cm³/mol. The monoisotopic (exact) mass is 360 g/mol. The molecule has 0 unspecified atom stereocenters. The van der Waals surface area contributed by atoms with E-state index in [0.29, 0.717) is 5.56 Å². The van der Waals surface area contributed by atoms with E-state index in [-0.39, 0.29) is 34.1 Å². The van der Waals surface area contributed by atoms with Gasteiger partial charge in [-0.1, -0.05) is 0 Å². The van der Waals surface area contributed by atoms with Crippen LogP contribution in [0.5, 0.6) is 11.5 Å². The molecule has 0 fully saturated rings. The third-order valence-electron chi connectivity index (χ3n) is 3.90. The Kier molecular flexibility index (Phi) is 3.97. The number of ether oxygens (including phenoxy) is 1. The fraction of sp³-hybridized carbons (Fsp3) is 0.176. The van der Waals surface area contributed by atoms with Crippen molar-refractivity contribution in [2.75, 3.05) is 6.54 Å². The van der Waals surface area contributed by atoms with Crippen molar-refractivity contribution in [2.24, 2.45) is 0 Å². The molecule has 1 heterocycles. The summed E-state index contributed by atoms with van der Waals surface area (Å²) in [5, 5.41) is 8.89. The van der Waals surface area contributed by atoms with Crippen molar-refractivity contribution in [1.29, 1.82) is 5.26 Å². The molecule has 128 valence electrons. The SMILES string of the molecule is CCN1C(=O)c2c(ccc(Oc3cc(F)cc(C#N)c3)c2C)S1(=O)=O. The van der Waals surface area contributed by atoms with Crippen LogP contribution >= 0.6 is 0 Å². The highest BCUT2D eigenvalue weighted by atomic mass is 32.2. The van der Waals surface area contributed by atoms with E-state index in [1.54, 1.807) is 13.8 Å². The highest BCUT2D eigenvalue weighted by Gasteiger charge is 2.41. The zero-order valence-corrected chi connectivity index (χ0v) is 14.2. The van der Waals surface area contributed by atoms with Gasteiger partial charge in [0.1, 0.15) is 22.2 Å². The summed E-state index contributed by atoms with van der Waals surface area (Å²) in [5.41, 5.74) is 0.477. The number of hydrogen-bond acceptors (Lipinski definition) is 5. The van der Waals surface area contributed by atoms with Gasteiger partial charge in [-0.25, -0.2) is 17.1 Å². The lowest BCUT2D eigenvalue weighted by molar-refractivity contribution is 0.0875. The van der Waals surface area contributed by atoms with E-state index in [1.165, 1.54) is 18.2 Å². The third-order valence-corrected chi connectivity index (χ3v) is 5.80. The molecule has 2 aromatic rings. The first-order valence-electron chi connectivity index (χ1n) is 7.38. The molecule has 2 aromatic carbocycles. The zero-order chi connectivity index (χ0) is 18.4. The Hall–Kier alpha value is -2.92. The molecule has 1 aliphatic heterocycles. The molecule has 25 heavy (non-hydrogen) atoms. The van der Waals surface area contributed by atoms with Crippen molar-refractivity contribution in [1.82, 2.24) is 4.31 Å². The minimum atomic E-state index is -3.85. The first-order chi connectivity index (χ1) is 11.8. The quantitative estimate of drug-likeness (QED) is 0.840. The van der Waals surface area contributed by atoms with E-state index in [9.17, 15) is 17.6 Å². The fourth-order valence-corrected chi connectivity index (χ4v) is 4.36. The molecule has 0 atom stereocenters. The van der Waals surface area contributed by atoms with Gasteiger partial charge in [0.2, 0.25) is 0 Å². The number of nitrogens with zero attached hydrogens (tertiary/aromatic N) is 2. The summed E-state index contributed by atoms with van der Waals surface area (Å²) in [6.07, 6.45) is 0. The normalized spacial score (nSPS) is 15.0. The lowest BCUT2D eigenvalue weighted by Gasteiger charge is -2.11. The van der Waals surface area contributed by atoms with Crippen molar-refractivity contribution in [3.8, 4) is 17.6 Å². The van der Waals surface area contributed by atoms with Crippen LogP contribution < -0.4 is 4.74 Å². The third kappa shape index (κ3) is 2.62. The van der Waals surface area contributed by atoms with E-state index < -0.39 is 21.7 Å². The molecular formula is C17H13FN2O4S. The summed E-state index contributed by atoms with van der Waals surface area (Å²) >= 11 is 0. The highest BCUT2D eigenvalue weighted by molar-refractivity contribution is 7.90. The predicted octanol–water partition coefficient (Wildman–Crippen LogP) is 2.96. The van der Waals surface area contributed by atoms with Gasteiger partial charge in [-0.2, -0.15) is 5.26 Å². The maximum Gasteiger partial charge on any atom is 0.269 e. The first-order valence-corrected chi connectivity index (χ1v) is 8.82. The summed E-state index contributed by atoms with van der Waals surface area (Å²) in [5.74, 6) is -0.948. The lowest BCUT2D eigenvalue weighted by atomic mass is 10.1. The molecule has 8 heteroatoms. The summed E-state index contributed by atoms with van der Waals surface area (Å²) in [4.78, 5) is 12.3. The number of benzene rings is 2. The topological polar surface area (TPSA) is 87.5 Å². The number of carbonyl (C=O) groups excluding carboxylic acids is 1. The van der Waals surface area contributed by atoms with Crippen LogP contribution in [-0.2, 0) is 10.0 Å².